The summed E-state index contributed by atoms with van der Waals surface area (Å²) < 4.78 is 15.1. The molecule has 0 bridgehead atoms. The molecular formula is C17H25FIN5. The Hall–Kier alpha value is -1.64. The van der Waals surface area contributed by atoms with Gasteiger partial charge < -0.3 is 10.6 Å². The Morgan fingerprint density at radius 3 is 2.71 bits per heavy atom. The molecule has 0 saturated heterocycles. The molecule has 7 heteroatoms. The molecular weight excluding hydrogens is 420 g/mol. The van der Waals surface area contributed by atoms with Crippen LogP contribution in [0, 0.1) is 12.7 Å². The van der Waals surface area contributed by atoms with E-state index in [0.717, 1.165) is 30.9 Å². The van der Waals surface area contributed by atoms with Crippen molar-refractivity contribution in [2.75, 3.05) is 13.6 Å². The van der Waals surface area contributed by atoms with Gasteiger partial charge in [-0.05, 0) is 42.5 Å². The molecule has 1 heterocycles. The Balaban J connectivity index is 0.00000288. The molecule has 0 aliphatic carbocycles. The zero-order valence-corrected chi connectivity index (χ0v) is 16.7. The molecule has 2 aromatic rings. The summed E-state index contributed by atoms with van der Waals surface area (Å²) in [7, 11) is 3.66. The van der Waals surface area contributed by atoms with Gasteiger partial charge in [0.25, 0.3) is 0 Å². The highest BCUT2D eigenvalue weighted by atomic mass is 127. The standard InChI is InChI=1S/C17H24FN5.HI/c1-13-9-14(6-7-16(13)18)10-21-17(19-2)20-8-4-5-15-11-22-23(3)12-15;/h6-7,9,11-12H,4-5,8,10H2,1-3H3,(H2,19,20,21);1H. The van der Waals surface area contributed by atoms with E-state index in [-0.39, 0.29) is 29.8 Å². The van der Waals surface area contributed by atoms with E-state index < -0.39 is 0 Å². The van der Waals surface area contributed by atoms with Crippen molar-refractivity contribution in [1.82, 2.24) is 20.4 Å². The lowest BCUT2D eigenvalue weighted by molar-refractivity contribution is 0.617. The number of rotatable bonds is 6. The second kappa shape index (κ2) is 10.3. The molecule has 24 heavy (non-hydrogen) atoms. The first-order valence-corrected chi connectivity index (χ1v) is 7.75. The fourth-order valence-electron chi connectivity index (χ4n) is 2.32. The fourth-order valence-corrected chi connectivity index (χ4v) is 2.32. The number of nitrogens with one attached hydrogen (secondary N) is 2. The lowest BCUT2D eigenvalue weighted by Gasteiger charge is -2.12. The molecule has 2 N–H and O–H groups in total. The smallest absolute Gasteiger partial charge is 0.191 e. The normalized spacial score (nSPS) is 11.1. The number of nitrogens with zero attached hydrogens (tertiary/aromatic N) is 3. The van der Waals surface area contributed by atoms with E-state index in [1.54, 1.807) is 20.0 Å². The average molecular weight is 445 g/mol. The van der Waals surface area contributed by atoms with E-state index in [1.165, 1.54) is 11.6 Å². The molecule has 1 aromatic heterocycles. The summed E-state index contributed by atoms with van der Waals surface area (Å²) in [6.45, 7) is 3.21. The highest BCUT2D eigenvalue weighted by Crippen LogP contribution is 2.08. The third kappa shape index (κ3) is 6.46. The predicted octanol–water partition coefficient (Wildman–Crippen LogP) is 2.78. The van der Waals surface area contributed by atoms with Crippen LogP contribution in [0.15, 0.2) is 35.6 Å². The van der Waals surface area contributed by atoms with Crippen molar-refractivity contribution >= 4 is 29.9 Å². The summed E-state index contributed by atoms with van der Waals surface area (Å²) >= 11 is 0. The topological polar surface area (TPSA) is 54.2 Å². The van der Waals surface area contributed by atoms with E-state index in [4.69, 9.17) is 0 Å². The van der Waals surface area contributed by atoms with E-state index in [2.05, 4.69) is 20.7 Å². The molecule has 0 unspecified atom stereocenters. The molecule has 0 atom stereocenters. The molecule has 0 spiro atoms. The van der Waals surface area contributed by atoms with Crippen LogP contribution in [0.25, 0.3) is 0 Å². The molecule has 0 fully saturated rings. The Labute approximate surface area is 159 Å². The summed E-state index contributed by atoms with van der Waals surface area (Å²) in [6.07, 6.45) is 5.91. The quantitative estimate of drug-likeness (QED) is 0.311. The molecule has 2 rings (SSSR count). The molecule has 5 nitrogen and oxygen atoms in total. The molecule has 0 aliphatic heterocycles. The summed E-state index contributed by atoms with van der Waals surface area (Å²) in [5, 5.41) is 10.7. The SMILES string of the molecule is CN=C(NCCCc1cnn(C)c1)NCc1ccc(F)c(C)c1.I. The first-order valence-electron chi connectivity index (χ1n) is 7.75. The van der Waals surface area contributed by atoms with E-state index in [0.29, 0.717) is 12.1 Å². The molecule has 0 radical (unpaired) electrons. The molecule has 0 saturated carbocycles. The van der Waals surface area contributed by atoms with Crippen molar-refractivity contribution in [2.24, 2.45) is 12.0 Å². The number of benzene rings is 1. The maximum Gasteiger partial charge on any atom is 0.191 e. The zero-order valence-electron chi connectivity index (χ0n) is 14.3. The Morgan fingerprint density at radius 2 is 2.08 bits per heavy atom. The first-order chi connectivity index (χ1) is 11.1. The van der Waals surface area contributed by atoms with E-state index >= 15 is 0 Å². The van der Waals surface area contributed by atoms with Crippen LogP contribution in [-0.2, 0) is 20.0 Å². The van der Waals surface area contributed by atoms with Crippen molar-refractivity contribution in [1.29, 1.82) is 0 Å². The van der Waals surface area contributed by atoms with Gasteiger partial charge in [-0.15, -0.1) is 24.0 Å². The minimum atomic E-state index is -0.174. The van der Waals surface area contributed by atoms with Gasteiger partial charge in [0, 0.05) is 33.4 Å². The number of hydrogen-bond donors (Lipinski definition) is 2. The van der Waals surface area contributed by atoms with Gasteiger partial charge in [-0.25, -0.2) is 4.39 Å². The number of halogens is 2. The number of aryl methyl sites for hydroxylation is 3. The van der Waals surface area contributed by atoms with Crippen LogP contribution in [0.3, 0.4) is 0 Å². The van der Waals surface area contributed by atoms with Crippen molar-refractivity contribution in [3.05, 3.63) is 53.1 Å². The highest BCUT2D eigenvalue weighted by molar-refractivity contribution is 14.0. The van der Waals surface area contributed by atoms with Gasteiger partial charge in [-0.3, -0.25) is 9.67 Å². The lowest BCUT2D eigenvalue weighted by Crippen LogP contribution is -2.37. The summed E-state index contributed by atoms with van der Waals surface area (Å²) in [5.74, 6) is 0.574. The Kier molecular flexibility index (Phi) is 8.73. The number of guanidine groups is 1. The monoisotopic (exact) mass is 445 g/mol. The Bertz CT molecular complexity index is 669. The first kappa shape index (κ1) is 20.4. The van der Waals surface area contributed by atoms with Gasteiger partial charge >= 0.3 is 0 Å². The summed E-state index contributed by atoms with van der Waals surface area (Å²) in [5.41, 5.74) is 2.92. The van der Waals surface area contributed by atoms with Gasteiger partial charge in [0.1, 0.15) is 5.82 Å². The van der Waals surface area contributed by atoms with Crippen LogP contribution in [-0.4, -0.2) is 29.3 Å². The van der Waals surface area contributed by atoms with Gasteiger partial charge in [0.2, 0.25) is 0 Å². The Morgan fingerprint density at radius 1 is 1.29 bits per heavy atom. The van der Waals surface area contributed by atoms with Crippen molar-refractivity contribution in [2.45, 2.75) is 26.3 Å². The second-order valence-corrected chi connectivity index (χ2v) is 5.56. The third-order valence-electron chi connectivity index (χ3n) is 3.60. The molecule has 0 amide bonds. The minimum Gasteiger partial charge on any atom is -0.356 e. The van der Waals surface area contributed by atoms with Crippen molar-refractivity contribution < 1.29 is 4.39 Å². The van der Waals surface area contributed by atoms with Gasteiger partial charge in [0.15, 0.2) is 5.96 Å². The van der Waals surface area contributed by atoms with Crippen molar-refractivity contribution in [3.8, 4) is 0 Å². The number of aliphatic imine (C=N–C) groups is 1. The molecule has 1 aromatic carbocycles. The van der Waals surface area contributed by atoms with Crippen LogP contribution < -0.4 is 10.6 Å². The highest BCUT2D eigenvalue weighted by Gasteiger charge is 2.02. The second-order valence-electron chi connectivity index (χ2n) is 5.56. The van der Waals surface area contributed by atoms with Crippen LogP contribution in [0.2, 0.25) is 0 Å². The van der Waals surface area contributed by atoms with E-state index in [1.807, 2.05) is 30.2 Å². The van der Waals surface area contributed by atoms with Crippen LogP contribution in [0.4, 0.5) is 4.39 Å². The maximum atomic E-state index is 13.2. The third-order valence-corrected chi connectivity index (χ3v) is 3.60. The van der Waals surface area contributed by atoms with Crippen molar-refractivity contribution in [3.63, 3.8) is 0 Å². The lowest BCUT2D eigenvalue weighted by atomic mass is 10.1. The van der Waals surface area contributed by atoms with Gasteiger partial charge in [-0.1, -0.05) is 12.1 Å². The van der Waals surface area contributed by atoms with Crippen LogP contribution in [0.5, 0.6) is 0 Å². The number of aromatic nitrogens is 2. The minimum absolute atomic E-state index is 0. The average Bonchev–Trinajstić information content (AvgIpc) is 2.95. The number of hydrogen-bond acceptors (Lipinski definition) is 2. The van der Waals surface area contributed by atoms with Crippen LogP contribution in [0.1, 0.15) is 23.1 Å². The largest absolute Gasteiger partial charge is 0.356 e. The molecule has 0 aliphatic rings. The fraction of sp³-hybridized carbons (Fsp3) is 0.412. The van der Waals surface area contributed by atoms with Crippen LogP contribution >= 0.6 is 24.0 Å². The zero-order chi connectivity index (χ0) is 16.7. The van der Waals surface area contributed by atoms with Gasteiger partial charge in [-0.2, -0.15) is 5.10 Å². The molecule has 132 valence electrons. The maximum absolute atomic E-state index is 13.2. The van der Waals surface area contributed by atoms with E-state index in [9.17, 15) is 4.39 Å². The predicted molar refractivity (Wildman–Crippen MR) is 106 cm³/mol. The van der Waals surface area contributed by atoms with Gasteiger partial charge in [0.05, 0.1) is 6.20 Å². The summed E-state index contributed by atoms with van der Waals surface area (Å²) in [6, 6.07) is 5.12. The summed E-state index contributed by atoms with van der Waals surface area (Å²) in [4.78, 5) is 4.20.